The lowest BCUT2D eigenvalue weighted by Crippen LogP contribution is -2.38. The topological polar surface area (TPSA) is 75.7 Å². The number of benzene rings is 1. The predicted octanol–water partition coefficient (Wildman–Crippen LogP) is 2.68. The van der Waals surface area contributed by atoms with Crippen LogP contribution in [-0.2, 0) is 25.7 Å². The second-order valence-corrected chi connectivity index (χ2v) is 7.68. The average molecular weight is 393 g/mol. The normalized spacial score (nSPS) is 21.3. The molecule has 3 rings (SSSR count). The molecule has 0 bridgehead atoms. The van der Waals surface area contributed by atoms with E-state index in [9.17, 15) is 14.4 Å². The quantitative estimate of drug-likeness (QED) is 0.755. The van der Waals surface area contributed by atoms with Crippen LogP contribution in [0.1, 0.15) is 44.6 Å². The highest BCUT2D eigenvalue weighted by Crippen LogP contribution is 2.30. The Balaban J connectivity index is 1.47. The van der Waals surface area contributed by atoms with Gasteiger partial charge in [-0.2, -0.15) is 0 Å². The lowest BCUT2D eigenvalue weighted by atomic mass is 10.1. The minimum Gasteiger partial charge on any atom is -0.452 e. The Morgan fingerprint density at radius 1 is 1.30 bits per heavy atom. The first-order valence-electron chi connectivity index (χ1n) is 9.46. The molecule has 2 fully saturated rings. The van der Waals surface area contributed by atoms with Crippen molar-refractivity contribution in [1.82, 2.24) is 10.2 Å². The summed E-state index contributed by atoms with van der Waals surface area (Å²) in [6, 6.07) is 7.48. The number of ether oxygens (including phenoxy) is 1. The second kappa shape index (κ2) is 8.74. The van der Waals surface area contributed by atoms with Crippen molar-refractivity contribution in [1.29, 1.82) is 0 Å². The summed E-state index contributed by atoms with van der Waals surface area (Å²) in [5.41, 5.74) is 0.791. The fraction of sp³-hybridized carbons (Fsp3) is 0.550. The molecule has 2 aliphatic rings. The number of amides is 2. The number of esters is 1. The smallest absolute Gasteiger partial charge is 0.312 e. The van der Waals surface area contributed by atoms with E-state index in [1.807, 2.05) is 23.1 Å². The van der Waals surface area contributed by atoms with Crippen molar-refractivity contribution in [2.24, 2.45) is 5.92 Å². The molecule has 27 heavy (non-hydrogen) atoms. The maximum absolute atomic E-state index is 12.4. The summed E-state index contributed by atoms with van der Waals surface area (Å²) in [6.07, 6.45) is 3.53. The van der Waals surface area contributed by atoms with Crippen molar-refractivity contribution in [3.05, 3.63) is 34.9 Å². The fourth-order valence-electron chi connectivity index (χ4n) is 3.75. The van der Waals surface area contributed by atoms with Gasteiger partial charge >= 0.3 is 5.97 Å². The van der Waals surface area contributed by atoms with E-state index >= 15 is 0 Å². The molecule has 2 amide bonds. The van der Waals surface area contributed by atoms with Crippen molar-refractivity contribution in [2.45, 2.75) is 57.7 Å². The van der Waals surface area contributed by atoms with Crippen LogP contribution in [0.2, 0.25) is 5.02 Å². The van der Waals surface area contributed by atoms with Gasteiger partial charge in [-0.25, -0.2) is 0 Å². The van der Waals surface area contributed by atoms with E-state index in [4.69, 9.17) is 16.3 Å². The van der Waals surface area contributed by atoms with Gasteiger partial charge in [-0.05, 0) is 31.4 Å². The van der Waals surface area contributed by atoms with E-state index in [0.717, 1.165) is 31.2 Å². The lowest BCUT2D eigenvalue weighted by Gasteiger charge is -2.24. The number of hydrogen-bond acceptors (Lipinski definition) is 4. The third kappa shape index (κ3) is 4.80. The van der Waals surface area contributed by atoms with Gasteiger partial charge in [-0.1, -0.05) is 42.6 Å². The molecule has 1 saturated heterocycles. The molecule has 2 atom stereocenters. The first-order valence-corrected chi connectivity index (χ1v) is 9.84. The van der Waals surface area contributed by atoms with Crippen molar-refractivity contribution in [2.75, 3.05) is 6.54 Å². The van der Waals surface area contributed by atoms with Crippen LogP contribution in [0.4, 0.5) is 0 Å². The van der Waals surface area contributed by atoms with Crippen LogP contribution >= 0.6 is 11.6 Å². The molecule has 146 valence electrons. The van der Waals surface area contributed by atoms with Crippen LogP contribution in [0.15, 0.2) is 24.3 Å². The molecule has 7 heteroatoms. The zero-order chi connectivity index (χ0) is 19.4. The van der Waals surface area contributed by atoms with Crippen LogP contribution in [0.3, 0.4) is 0 Å². The van der Waals surface area contributed by atoms with Gasteiger partial charge < -0.3 is 15.0 Å². The predicted molar refractivity (Wildman–Crippen MR) is 101 cm³/mol. The first kappa shape index (κ1) is 19.7. The van der Waals surface area contributed by atoms with E-state index in [0.29, 0.717) is 11.6 Å². The standard InChI is InChI=1S/C20H25ClN2O4/c1-13(19(25)22-11-14-6-2-5-9-17(14)21)27-20(26)15-10-18(24)23(12-15)16-7-3-4-8-16/h2,5-6,9,13,15-16H,3-4,7-8,10-12H2,1H3,(H,22,25)/t13-,15+/m0/s1. The van der Waals surface area contributed by atoms with Gasteiger partial charge in [0.05, 0.1) is 5.92 Å². The fourth-order valence-corrected chi connectivity index (χ4v) is 3.95. The van der Waals surface area contributed by atoms with Gasteiger partial charge in [0.1, 0.15) is 0 Å². The van der Waals surface area contributed by atoms with Crippen LogP contribution < -0.4 is 5.32 Å². The molecular formula is C20H25ClN2O4. The van der Waals surface area contributed by atoms with Gasteiger partial charge in [-0.3, -0.25) is 14.4 Å². The molecule has 0 spiro atoms. The molecule has 0 unspecified atom stereocenters. The summed E-state index contributed by atoms with van der Waals surface area (Å²) in [6.45, 7) is 2.19. The van der Waals surface area contributed by atoms with Gasteiger partial charge in [0.2, 0.25) is 5.91 Å². The number of rotatable bonds is 6. The average Bonchev–Trinajstić information content (AvgIpc) is 3.30. The zero-order valence-corrected chi connectivity index (χ0v) is 16.2. The first-order chi connectivity index (χ1) is 13.0. The Bertz CT molecular complexity index is 718. The van der Waals surface area contributed by atoms with Gasteiger partial charge in [0.15, 0.2) is 6.10 Å². The molecule has 1 aliphatic carbocycles. The van der Waals surface area contributed by atoms with Crippen molar-refractivity contribution < 1.29 is 19.1 Å². The van der Waals surface area contributed by atoms with Gasteiger partial charge in [0.25, 0.3) is 5.91 Å². The minimum atomic E-state index is -0.921. The number of nitrogens with one attached hydrogen (secondary N) is 1. The van der Waals surface area contributed by atoms with Crippen LogP contribution in [-0.4, -0.2) is 41.4 Å². The van der Waals surface area contributed by atoms with Crippen LogP contribution in [0, 0.1) is 5.92 Å². The van der Waals surface area contributed by atoms with Crippen LogP contribution in [0.5, 0.6) is 0 Å². The van der Waals surface area contributed by atoms with Crippen molar-refractivity contribution >= 4 is 29.4 Å². The van der Waals surface area contributed by atoms with Crippen LogP contribution in [0.25, 0.3) is 0 Å². The molecule has 1 N–H and O–H groups in total. The van der Waals surface area contributed by atoms with Crippen molar-refractivity contribution in [3.63, 3.8) is 0 Å². The number of nitrogens with zero attached hydrogens (tertiary/aromatic N) is 1. The number of likely N-dealkylation sites (tertiary alicyclic amines) is 1. The summed E-state index contributed by atoms with van der Waals surface area (Å²) in [5.74, 6) is -1.35. The zero-order valence-electron chi connectivity index (χ0n) is 15.4. The third-order valence-corrected chi connectivity index (χ3v) is 5.70. The Kier molecular flexibility index (Phi) is 6.37. The SMILES string of the molecule is C[C@H](OC(=O)[C@@H]1CC(=O)N(C2CCCC2)C1)C(=O)NCc1ccccc1Cl. The summed E-state index contributed by atoms with van der Waals surface area (Å²) in [4.78, 5) is 38.6. The summed E-state index contributed by atoms with van der Waals surface area (Å²) in [7, 11) is 0. The van der Waals surface area contributed by atoms with E-state index in [2.05, 4.69) is 5.32 Å². The van der Waals surface area contributed by atoms with E-state index < -0.39 is 18.0 Å². The number of halogens is 1. The van der Waals surface area contributed by atoms with Gasteiger partial charge in [0, 0.05) is 30.6 Å². The number of hydrogen-bond donors (Lipinski definition) is 1. The Hall–Kier alpha value is -2.08. The minimum absolute atomic E-state index is 0.0136. The Labute approximate surface area is 164 Å². The second-order valence-electron chi connectivity index (χ2n) is 7.27. The molecule has 1 saturated carbocycles. The molecular weight excluding hydrogens is 368 g/mol. The van der Waals surface area contributed by atoms with Gasteiger partial charge in [-0.15, -0.1) is 0 Å². The highest BCUT2D eigenvalue weighted by atomic mass is 35.5. The molecule has 6 nitrogen and oxygen atoms in total. The van der Waals surface area contributed by atoms with Crippen molar-refractivity contribution in [3.8, 4) is 0 Å². The maximum Gasteiger partial charge on any atom is 0.312 e. The summed E-state index contributed by atoms with van der Waals surface area (Å²) in [5, 5.41) is 3.29. The number of carbonyl (C=O) groups is 3. The highest BCUT2D eigenvalue weighted by Gasteiger charge is 2.40. The molecule has 1 aromatic rings. The highest BCUT2D eigenvalue weighted by molar-refractivity contribution is 6.31. The molecule has 1 heterocycles. The van der Waals surface area contributed by atoms with E-state index in [-0.39, 0.29) is 30.8 Å². The summed E-state index contributed by atoms with van der Waals surface area (Å²) < 4.78 is 5.31. The Morgan fingerprint density at radius 3 is 2.70 bits per heavy atom. The largest absolute Gasteiger partial charge is 0.452 e. The van der Waals surface area contributed by atoms with E-state index in [1.54, 1.807) is 6.07 Å². The molecule has 0 aromatic heterocycles. The third-order valence-electron chi connectivity index (χ3n) is 5.33. The molecule has 0 radical (unpaired) electrons. The molecule has 1 aliphatic heterocycles. The lowest BCUT2D eigenvalue weighted by molar-refractivity contribution is -0.158. The number of carbonyl (C=O) groups excluding carboxylic acids is 3. The molecule has 1 aromatic carbocycles. The maximum atomic E-state index is 12.4. The summed E-state index contributed by atoms with van der Waals surface area (Å²) >= 11 is 6.07. The monoisotopic (exact) mass is 392 g/mol. The van der Waals surface area contributed by atoms with E-state index in [1.165, 1.54) is 6.92 Å². The Morgan fingerprint density at radius 2 is 2.00 bits per heavy atom.